The quantitative estimate of drug-likeness (QED) is 0.777. The van der Waals surface area contributed by atoms with E-state index in [4.69, 9.17) is 0 Å². The van der Waals surface area contributed by atoms with E-state index < -0.39 is 10.0 Å². The molecule has 1 aliphatic rings. The lowest BCUT2D eigenvalue weighted by Crippen LogP contribution is -2.35. The van der Waals surface area contributed by atoms with Crippen LogP contribution in [0.25, 0.3) is 0 Å². The maximum atomic E-state index is 12.0. The number of anilines is 1. The average molecular weight is 336 g/mol. The highest BCUT2D eigenvalue weighted by atomic mass is 32.2. The topological polar surface area (TPSA) is 66.5 Å². The molecular formula is C17H24N2O3S. The van der Waals surface area contributed by atoms with Gasteiger partial charge < -0.3 is 4.90 Å². The van der Waals surface area contributed by atoms with Crippen LogP contribution in [0.5, 0.6) is 0 Å². The van der Waals surface area contributed by atoms with Crippen LogP contribution >= 0.6 is 0 Å². The van der Waals surface area contributed by atoms with E-state index in [0.29, 0.717) is 12.8 Å². The van der Waals surface area contributed by atoms with Crippen molar-refractivity contribution in [1.82, 2.24) is 4.72 Å². The van der Waals surface area contributed by atoms with Gasteiger partial charge in [0.2, 0.25) is 15.9 Å². The number of rotatable bonds is 7. The molecule has 0 saturated carbocycles. The fourth-order valence-electron chi connectivity index (χ4n) is 2.67. The lowest BCUT2D eigenvalue weighted by atomic mass is 9.98. The number of aryl methyl sites for hydroxylation is 1. The first-order chi connectivity index (χ1) is 11.0. The van der Waals surface area contributed by atoms with Crippen LogP contribution in [0.2, 0.25) is 0 Å². The number of carbonyl (C=O) groups excluding carboxylic acids is 1. The second kappa shape index (κ2) is 7.75. The van der Waals surface area contributed by atoms with Crippen LogP contribution in [0.1, 0.15) is 37.8 Å². The van der Waals surface area contributed by atoms with Gasteiger partial charge in [0, 0.05) is 25.2 Å². The molecule has 5 nitrogen and oxygen atoms in total. The highest BCUT2D eigenvalue weighted by Crippen LogP contribution is 2.29. The van der Waals surface area contributed by atoms with E-state index in [2.05, 4.69) is 11.6 Å². The normalized spacial score (nSPS) is 15.2. The molecule has 0 aliphatic carbocycles. The molecule has 0 radical (unpaired) electrons. The van der Waals surface area contributed by atoms with E-state index >= 15 is 0 Å². The van der Waals surface area contributed by atoms with Gasteiger partial charge in [-0.3, -0.25) is 4.79 Å². The first-order valence-electron chi connectivity index (χ1n) is 7.97. The first-order valence-corrected chi connectivity index (χ1v) is 9.62. The first kappa shape index (κ1) is 17.7. The molecule has 1 heterocycles. The predicted molar refractivity (Wildman–Crippen MR) is 92.8 cm³/mol. The number of nitrogens with zero attached hydrogens (tertiary/aromatic N) is 1. The maximum Gasteiger partial charge on any atom is 0.227 e. The number of nitrogens with one attached hydrogen (secondary N) is 1. The van der Waals surface area contributed by atoms with Gasteiger partial charge >= 0.3 is 0 Å². The van der Waals surface area contributed by atoms with Crippen LogP contribution in [-0.2, 0) is 27.8 Å². The molecule has 0 atom stereocenters. The summed E-state index contributed by atoms with van der Waals surface area (Å²) in [6.07, 6.45) is 5.48. The van der Waals surface area contributed by atoms with Crippen LogP contribution in [0.3, 0.4) is 0 Å². The van der Waals surface area contributed by atoms with Gasteiger partial charge in [0.1, 0.15) is 0 Å². The molecule has 0 bridgehead atoms. The van der Waals surface area contributed by atoms with Crippen molar-refractivity contribution in [3.63, 3.8) is 0 Å². The molecule has 1 amide bonds. The third kappa shape index (κ3) is 4.65. The highest BCUT2D eigenvalue weighted by Gasteiger charge is 2.23. The number of carbonyl (C=O) groups is 1. The summed E-state index contributed by atoms with van der Waals surface area (Å²) >= 11 is 0. The van der Waals surface area contributed by atoms with Gasteiger partial charge in [-0.1, -0.05) is 31.2 Å². The molecule has 1 N–H and O–H groups in total. The van der Waals surface area contributed by atoms with Crippen LogP contribution in [0.4, 0.5) is 5.69 Å². The van der Waals surface area contributed by atoms with Crippen molar-refractivity contribution in [3.8, 4) is 0 Å². The number of sulfonamides is 1. The van der Waals surface area contributed by atoms with E-state index in [0.717, 1.165) is 29.8 Å². The molecule has 0 spiro atoms. The molecule has 0 saturated heterocycles. The Morgan fingerprint density at radius 3 is 2.78 bits per heavy atom. The molecule has 0 aromatic heterocycles. The summed E-state index contributed by atoms with van der Waals surface area (Å²) in [4.78, 5) is 13.8. The molecule has 6 heteroatoms. The van der Waals surface area contributed by atoms with Gasteiger partial charge in [0.25, 0.3) is 0 Å². The Morgan fingerprint density at radius 2 is 2.09 bits per heavy atom. The van der Waals surface area contributed by atoms with Crippen molar-refractivity contribution in [3.05, 3.63) is 41.5 Å². The summed E-state index contributed by atoms with van der Waals surface area (Å²) < 4.78 is 26.2. The van der Waals surface area contributed by atoms with Crippen LogP contribution in [-0.4, -0.2) is 26.6 Å². The Bertz CT molecular complexity index is 696. The van der Waals surface area contributed by atoms with Gasteiger partial charge in [-0.2, -0.15) is 0 Å². The highest BCUT2D eigenvalue weighted by molar-refractivity contribution is 7.89. The van der Waals surface area contributed by atoms with E-state index in [-0.39, 0.29) is 18.2 Å². The van der Waals surface area contributed by atoms with Crippen molar-refractivity contribution in [1.29, 1.82) is 0 Å². The largest absolute Gasteiger partial charge is 0.312 e. The number of fused-ring (bicyclic) bond motifs is 1. The van der Waals surface area contributed by atoms with E-state index in [1.165, 1.54) is 0 Å². The summed E-state index contributed by atoms with van der Waals surface area (Å²) in [5.41, 5.74) is 2.99. The minimum Gasteiger partial charge on any atom is -0.312 e. The van der Waals surface area contributed by atoms with Crippen LogP contribution in [0.15, 0.2) is 30.4 Å². The molecule has 126 valence electrons. The van der Waals surface area contributed by atoms with Gasteiger partial charge in [-0.15, -0.1) is 0 Å². The molecule has 0 unspecified atom stereocenters. The van der Waals surface area contributed by atoms with E-state index in [1.807, 2.05) is 23.1 Å². The second-order valence-corrected chi connectivity index (χ2v) is 7.53. The fraction of sp³-hybridized carbons (Fsp3) is 0.471. The molecule has 1 aromatic rings. The lowest BCUT2D eigenvalue weighted by Gasteiger charge is -2.29. The summed E-state index contributed by atoms with van der Waals surface area (Å²) in [6, 6.07) is 5.82. The summed E-state index contributed by atoms with van der Waals surface area (Å²) in [5, 5.41) is 0. The smallest absolute Gasteiger partial charge is 0.227 e. The molecule has 1 aromatic carbocycles. The molecule has 0 fully saturated rings. The number of hydrogen-bond donors (Lipinski definition) is 1. The molecular weight excluding hydrogens is 312 g/mol. The Hall–Kier alpha value is -1.66. The third-order valence-corrected chi connectivity index (χ3v) is 5.05. The molecule has 2 rings (SSSR count). The van der Waals surface area contributed by atoms with E-state index in [1.54, 1.807) is 19.1 Å². The fourth-order valence-corrected chi connectivity index (χ4v) is 3.62. The standard InChI is InChI=1S/C17H24N2O3S/c1-3-5-11-23(21,22)18-13-14-6-8-16-15(12-14)7-9-17(20)19(16)10-4-2/h3,5-6,8,12,18H,4,7,9-11,13H2,1-2H3. The summed E-state index contributed by atoms with van der Waals surface area (Å²) in [5.74, 6) is 0.159. The van der Waals surface area contributed by atoms with Gasteiger partial charge in [0.15, 0.2) is 0 Å². The van der Waals surface area contributed by atoms with Crippen molar-refractivity contribution in [2.75, 3.05) is 17.2 Å². The van der Waals surface area contributed by atoms with Crippen molar-refractivity contribution in [2.45, 2.75) is 39.7 Å². The lowest BCUT2D eigenvalue weighted by molar-refractivity contribution is -0.118. The minimum atomic E-state index is -3.29. The Balaban J connectivity index is 2.11. The number of amides is 1. The van der Waals surface area contributed by atoms with Gasteiger partial charge in [0.05, 0.1) is 5.75 Å². The number of allylic oxidation sites excluding steroid dienone is 1. The zero-order chi connectivity index (χ0) is 16.9. The third-order valence-electron chi connectivity index (χ3n) is 3.84. The van der Waals surface area contributed by atoms with Crippen molar-refractivity contribution >= 4 is 21.6 Å². The van der Waals surface area contributed by atoms with E-state index in [9.17, 15) is 13.2 Å². The summed E-state index contributed by atoms with van der Waals surface area (Å²) in [7, 11) is -3.29. The van der Waals surface area contributed by atoms with Gasteiger partial charge in [-0.25, -0.2) is 13.1 Å². The monoisotopic (exact) mass is 336 g/mol. The zero-order valence-corrected chi connectivity index (χ0v) is 14.5. The Kier molecular flexibility index (Phi) is 5.96. The van der Waals surface area contributed by atoms with Crippen LogP contribution in [0, 0.1) is 0 Å². The Labute approximate surface area is 138 Å². The summed E-state index contributed by atoms with van der Waals surface area (Å²) in [6.45, 7) is 4.84. The SMILES string of the molecule is CC=CCS(=O)(=O)NCc1ccc2c(c1)CCC(=O)N2CCC. The molecule has 23 heavy (non-hydrogen) atoms. The van der Waals surface area contributed by atoms with Crippen molar-refractivity contribution in [2.24, 2.45) is 0 Å². The average Bonchev–Trinajstić information content (AvgIpc) is 2.54. The Morgan fingerprint density at radius 1 is 1.30 bits per heavy atom. The molecule has 1 aliphatic heterocycles. The predicted octanol–water partition coefficient (Wildman–Crippen LogP) is 2.37. The second-order valence-electron chi connectivity index (χ2n) is 5.68. The van der Waals surface area contributed by atoms with Crippen molar-refractivity contribution < 1.29 is 13.2 Å². The van der Waals surface area contributed by atoms with Gasteiger partial charge in [-0.05, 0) is 37.0 Å². The van der Waals surface area contributed by atoms with Crippen LogP contribution < -0.4 is 9.62 Å². The maximum absolute atomic E-state index is 12.0. The minimum absolute atomic E-state index is 0.00673. The number of benzene rings is 1. The zero-order valence-electron chi connectivity index (χ0n) is 13.7. The number of hydrogen-bond acceptors (Lipinski definition) is 3.